The lowest BCUT2D eigenvalue weighted by atomic mass is 9.85. The first-order chi connectivity index (χ1) is 33.0. The first kappa shape index (κ1) is 50.9. The van der Waals surface area contributed by atoms with Crippen molar-refractivity contribution in [3.05, 3.63) is 106 Å². The number of nitrogens with zero attached hydrogens (tertiary/aromatic N) is 3. The molecule has 6 amide bonds. The van der Waals surface area contributed by atoms with Crippen molar-refractivity contribution in [3.8, 4) is 10.4 Å². The van der Waals surface area contributed by atoms with Gasteiger partial charge < -0.3 is 37.4 Å². The van der Waals surface area contributed by atoms with Gasteiger partial charge in [-0.2, -0.15) is 0 Å². The van der Waals surface area contributed by atoms with Crippen molar-refractivity contribution in [2.45, 2.75) is 154 Å². The first-order valence-electron chi connectivity index (χ1n) is 24.4. The number of thiazole rings is 1. The Hall–Kier alpha value is -5.97. The summed E-state index contributed by atoms with van der Waals surface area (Å²) < 4.78 is 0. The fourth-order valence-electron chi connectivity index (χ4n) is 9.82. The maximum atomic E-state index is 14.1. The monoisotopic (exact) mass is 960 g/mol. The van der Waals surface area contributed by atoms with Crippen LogP contribution in [0.15, 0.2) is 72.2 Å². The van der Waals surface area contributed by atoms with E-state index >= 15 is 0 Å². The van der Waals surface area contributed by atoms with Crippen LogP contribution in [0.25, 0.3) is 10.4 Å². The summed E-state index contributed by atoms with van der Waals surface area (Å²) >= 11 is 1.57. The quantitative estimate of drug-likeness (QED) is 0.0658. The standard InChI is InChI=1S/C53H68N8O7S/c1-32-47(69-31-57-32)37-21-19-35(20-22-37)29-56-49(65)42-28-40(62)30-60(42)52(68)48(53(2,3)4)59-45(64)14-6-5-9-33-15-17-34(18-16-33)10-7-13-39(24-26-44(55)63)58-50(66)43-27-38-12-8-11-36-23-25-41(54)51(67)61(43)46(36)38/h8,11-12,15-22,31,39-43,48,62H,5-7,9-10,13-14,23-30,54H2,1-4H3,(H2,55,63)(H,56,65)(H,58,66)(H,59,64)/t39-,40-,41+,42+,43+,48-/m1/s1. The van der Waals surface area contributed by atoms with Crippen LogP contribution in [-0.4, -0.2) is 93.3 Å². The number of likely N-dealkylation sites (tertiary alicyclic amines) is 1. The third-order valence-corrected chi connectivity index (χ3v) is 14.7. The molecule has 1 aromatic heterocycles. The number of nitrogens with one attached hydrogen (secondary N) is 3. The van der Waals surface area contributed by atoms with Gasteiger partial charge in [0.05, 0.1) is 33.9 Å². The van der Waals surface area contributed by atoms with Gasteiger partial charge in [0, 0.05) is 44.8 Å². The molecule has 368 valence electrons. The zero-order valence-electron chi connectivity index (χ0n) is 40.3. The molecule has 7 rings (SSSR count). The number of benzene rings is 3. The van der Waals surface area contributed by atoms with Gasteiger partial charge in [0.2, 0.25) is 35.4 Å². The minimum absolute atomic E-state index is 0.00694. The van der Waals surface area contributed by atoms with Crippen LogP contribution in [0.2, 0.25) is 0 Å². The molecule has 1 fully saturated rings. The fraction of sp³-hybridized carbons (Fsp3) is 0.491. The third kappa shape index (κ3) is 12.8. The Morgan fingerprint density at radius 2 is 1.54 bits per heavy atom. The molecule has 8 N–H and O–H groups in total. The Morgan fingerprint density at radius 3 is 2.20 bits per heavy atom. The van der Waals surface area contributed by atoms with Crippen LogP contribution in [0.5, 0.6) is 0 Å². The van der Waals surface area contributed by atoms with E-state index in [0.29, 0.717) is 38.5 Å². The van der Waals surface area contributed by atoms with Gasteiger partial charge in [-0.3, -0.25) is 33.7 Å². The number of carbonyl (C=O) groups is 6. The van der Waals surface area contributed by atoms with Crippen molar-refractivity contribution < 1.29 is 33.9 Å². The molecule has 16 heteroatoms. The van der Waals surface area contributed by atoms with Crippen LogP contribution in [0.3, 0.4) is 0 Å². The Kier molecular flexibility index (Phi) is 16.7. The van der Waals surface area contributed by atoms with E-state index in [1.807, 2.05) is 75.7 Å². The van der Waals surface area contributed by atoms with Crippen molar-refractivity contribution in [1.82, 2.24) is 25.8 Å². The predicted molar refractivity (Wildman–Crippen MR) is 267 cm³/mol. The summed E-state index contributed by atoms with van der Waals surface area (Å²) in [6, 6.07) is 18.7. The summed E-state index contributed by atoms with van der Waals surface area (Å²) in [5, 5.41) is 19.7. The van der Waals surface area contributed by atoms with Crippen molar-refractivity contribution in [2.75, 3.05) is 11.4 Å². The van der Waals surface area contributed by atoms with Crippen molar-refractivity contribution in [3.63, 3.8) is 0 Å². The maximum absolute atomic E-state index is 14.1. The summed E-state index contributed by atoms with van der Waals surface area (Å²) in [6.45, 7) is 7.86. The minimum Gasteiger partial charge on any atom is -0.391 e. The molecule has 3 aliphatic heterocycles. The molecule has 0 aliphatic carbocycles. The molecule has 0 saturated carbocycles. The number of aromatic nitrogens is 1. The molecule has 3 aromatic carbocycles. The number of rotatable bonds is 20. The molecule has 6 atom stereocenters. The van der Waals surface area contributed by atoms with E-state index in [1.54, 1.807) is 16.2 Å². The summed E-state index contributed by atoms with van der Waals surface area (Å²) in [7, 11) is 0. The molecule has 4 heterocycles. The Labute approximate surface area is 409 Å². The molecular formula is C53H68N8O7S. The van der Waals surface area contributed by atoms with Gasteiger partial charge in [0.15, 0.2) is 0 Å². The zero-order chi connectivity index (χ0) is 49.4. The number of unbranched alkanes of at least 4 members (excludes halogenated alkanes) is 1. The predicted octanol–water partition coefficient (Wildman–Crippen LogP) is 4.94. The molecule has 1 saturated heterocycles. The van der Waals surface area contributed by atoms with E-state index < -0.39 is 47.5 Å². The second-order valence-corrected chi connectivity index (χ2v) is 20.9. The highest BCUT2D eigenvalue weighted by atomic mass is 32.1. The molecule has 15 nitrogen and oxygen atoms in total. The number of β-amino-alcohol motifs (C(OH)–C–C–N with tert-alkyl or cyclic N) is 1. The van der Waals surface area contributed by atoms with Crippen molar-refractivity contribution >= 4 is 52.5 Å². The average molecular weight is 961 g/mol. The Bertz CT molecular complexity index is 2490. The van der Waals surface area contributed by atoms with Crippen LogP contribution in [0.4, 0.5) is 5.69 Å². The number of primary amides is 1. The normalized spacial score (nSPS) is 19.7. The van der Waals surface area contributed by atoms with E-state index in [9.17, 15) is 33.9 Å². The SMILES string of the molecule is Cc1ncsc1-c1ccc(CNC(=O)[C@@H]2C[C@@H](O)CN2C(=O)[C@@H](NC(=O)CCCCc2ccc(CCC[C@H](CCC(N)=O)NC(=O)[C@@H]3Cc4cccc5c4N3C(=O)[C@@H](N)CC5)cc2)C(C)(C)C)cc1. The smallest absolute Gasteiger partial charge is 0.246 e. The van der Waals surface area contributed by atoms with E-state index in [-0.39, 0.29) is 62.0 Å². The number of hydrogen-bond acceptors (Lipinski definition) is 10. The van der Waals surface area contributed by atoms with Crippen LogP contribution in [0, 0.1) is 12.3 Å². The molecule has 4 aromatic rings. The highest BCUT2D eigenvalue weighted by Crippen LogP contribution is 2.39. The number of para-hydroxylation sites is 1. The summed E-state index contributed by atoms with van der Waals surface area (Å²) in [4.78, 5) is 88.3. The van der Waals surface area contributed by atoms with Gasteiger partial charge >= 0.3 is 0 Å². The van der Waals surface area contributed by atoms with E-state index in [1.165, 1.54) is 4.90 Å². The molecule has 0 radical (unpaired) electrons. The minimum atomic E-state index is -0.895. The number of hydrogen-bond donors (Lipinski definition) is 6. The fourth-order valence-corrected chi connectivity index (χ4v) is 10.6. The highest BCUT2D eigenvalue weighted by Gasteiger charge is 2.45. The first-order valence-corrected chi connectivity index (χ1v) is 25.3. The lowest BCUT2D eigenvalue weighted by molar-refractivity contribution is -0.144. The number of carbonyl (C=O) groups excluding carboxylic acids is 6. The Morgan fingerprint density at radius 1 is 0.855 bits per heavy atom. The second-order valence-electron chi connectivity index (χ2n) is 20.1. The number of aliphatic hydroxyl groups is 1. The highest BCUT2D eigenvalue weighted by molar-refractivity contribution is 7.13. The Balaban J connectivity index is 0.847. The summed E-state index contributed by atoms with van der Waals surface area (Å²) in [5.41, 5.74) is 20.9. The van der Waals surface area contributed by atoms with Gasteiger partial charge in [-0.1, -0.05) is 87.5 Å². The molecule has 69 heavy (non-hydrogen) atoms. The van der Waals surface area contributed by atoms with E-state index in [0.717, 1.165) is 75.3 Å². The van der Waals surface area contributed by atoms with Crippen molar-refractivity contribution in [2.24, 2.45) is 16.9 Å². The second kappa shape index (κ2) is 22.6. The molecular weight excluding hydrogens is 893 g/mol. The number of anilines is 1. The van der Waals surface area contributed by atoms with Crippen LogP contribution in [-0.2, 0) is 61.0 Å². The maximum Gasteiger partial charge on any atom is 0.246 e. The van der Waals surface area contributed by atoms with E-state index in [2.05, 4.69) is 45.2 Å². The average Bonchev–Trinajstić information content (AvgIpc) is 4.04. The van der Waals surface area contributed by atoms with Gasteiger partial charge in [-0.25, -0.2) is 4.98 Å². The largest absolute Gasteiger partial charge is 0.391 e. The zero-order valence-corrected chi connectivity index (χ0v) is 41.1. The van der Waals surface area contributed by atoms with Gasteiger partial charge in [0.25, 0.3) is 0 Å². The number of amides is 6. The van der Waals surface area contributed by atoms with E-state index in [4.69, 9.17) is 11.5 Å². The number of aryl methyl sites for hydroxylation is 4. The van der Waals surface area contributed by atoms with Crippen molar-refractivity contribution in [1.29, 1.82) is 0 Å². The van der Waals surface area contributed by atoms with Gasteiger partial charge in [-0.15, -0.1) is 11.3 Å². The molecule has 0 bridgehead atoms. The molecule has 3 aliphatic rings. The number of aliphatic hydroxyl groups excluding tert-OH is 1. The topological polar surface area (TPSA) is 230 Å². The van der Waals surface area contributed by atoms with Crippen LogP contribution < -0.4 is 32.3 Å². The lowest BCUT2D eigenvalue weighted by Crippen LogP contribution is -2.57. The lowest BCUT2D eigenvalue weighted by Gasteiger charge is -2.35. The number of nitrogens with two attached hydrogens (primary N) is 2. The molecule has 0 unspecified atom stereocenters. The summed E-state index contributed by atoms with van der Waals surface area (Å²) in [5.74, 6) is -1.92. The summed E-state index contributed by atoms with van der Waals surface area (Å²) in [6.07, 6.45) is 5.93. The molecule has 0 spiro atoms. The van der Waals surface area contributed by atoms with Crippen LogP contribution >= 0.6 is 11.3 Å². The third-order valence-electron chi connectivity index (χ3n) is 13.7. The van der Waals surface area contributed by atoms with Gasteiger partial charge in [-0.05, 0) is 104 Å². The van der Waals surface area contributed by atoms with Crippen LogP contribution in [0.1, 0.15) is 112 Å². The van der Waals surface area contributed by atoms with Gasteiger partial charge in [0.1, 0.15) is 18.1 Å².